The average molecular weight is 431 g/mol. The minimum Gasteiger partial charge on any atom is -0.507 e. The Morgan fingerprint density at radius 2 is 1.84 bits per heavy atom. The molecule has 1 fully saturated rings. The van der Waals surface area contributed by atoms with E-state index in [0.717, 1.165) is 25.0 Å². The van der Waals surface area contributed by atoms with Crippen molar-refractivity contribution in [2.24, 2.45) is 11.7 Å². The first-order valence-electron chi connectivity index (χ1n) is 9.91. The van der Waals surface area contributed by atoms with Crippen LogP contribution in [0.5, 0.6) is 5.75 Å². The number of carbonyl (C=O) groups excluding carboxylic acids is 3. The molecule has 9 heteroatoms. The fourth-order valence-electron chi connectivity index (χ4n) is 3.68. The van der Waals surface area contributed by atoms with Gasteiger partial charge in [-0.2, -0.15) is 0 Å². The number of piperidine rings is 1. The number of likely N-dealkylation sites (tertiary alicyclic amines) is 1. The number of anilines is 1. The molecule has 7 nitrogen and oxygen atoms in total. The summed E-state index contributed by atoms with van der Waals surface area (Å²) in [5.41, 5.74) is 5.22. The molecule has 0 aromatic heterocycles. The number of halogens is 2. The molecular weight excluding hydrogens is 408 g/mol. The Bertz CT molecular complexity index is 992. The molecule has 1 saturated heterocycles. The fraction of sp³-hybridized carbons (Fsp3) is 0.318. The van der Waals surface area contributed by atoms with Crippen molar-refractivity contribution >= 4 is 23.4 Å². The number of benzene rings is 2. The van der Waals surface area contributed by atoms with E-state index in [0.29, 0.717) is 25.6 Å². The fourth-order valence-corrected chi connectivity index (χ4v) is 3.68. The molecule has 1 aliphatic heterocycles. The smallest absolute Gasteiger partial charge is 0.257 e. The molecule has 4 N–H and O–H groups in total. The van der Waals surface area contributed by atoms with Gasteiger partial charge in [-0.25, -0.2) is 8.78 Å². The zero-order valence-corrected chi connectivity index (χ0v) is 16.7. The summed E-state index contributed by atoms with van der Waals surface area (Å²) in [5.74, 6) is -3.42. The summed E-state index contributed by atoms with van der Waals surface area (Å²) in [4.78, 5) is 37.7. The highest BCUT2D eigenvalue weighted by atomic mass is 19.1. The molecular formula is C22H23F2N3O4. The first kappa shape index (κ1) is 22.2. The molecule has 1 aliphatic rings. The van der Waals surface area contributed by atoms with E-state index < -0.39 is 17.5 Å². The number of hydrogen-bond donors (Lipinski definition) is 3. The van der Waals surface area contributed by atoms with E-state index >= 15 is 0 Å². The van der Waals surface area contributed by atoms with Gasteiger partial charge in [-0.05, 0) is 49.4 Å². The summed E-state index contributed by atoms with van der Waals surface area (Å²) in [6.07, 6.45) is 2.56. The Morgan fingerprint density at radius 1 is 1.13 bits per heavy atom. The van der Waals surface area contributed by atoms with Crippen LogP contribution < -0.4 is 11.1 Å². The first-order chi connectivity index (χ1) is 14.7. The van der Waals surface area contributed by atoms with Gasteiger partial charge in [-0.1, -0.05) is 0 Å². The van der Waals surface area contributed by atoms with E-state index in [9.17, 15) is 28.3 Å². The molecule has 31 heavy (non-hydrogen) atoms. The molecule has 3 rings (SSSR count). The molecule has 0 spiro atoms. The van der Waals surface area contributed by atoms with Crippen molar-refractivity contribution in [3.63, 3.8) is 0 Å². The molecule has 0 saturated carbocycles. The van der Waals surface area contributed by atoms with Crippen LogP contribution in [-0.2, 0) is 4.79 Å². The first-order valence-corrected chi connectivity index (χ1v) is 9.91. The number of nitrogens with two attached hydrogens (primary N) is 1. The van der Waals surface area contributed by atoms with Crippen LogP contribution in [0, 0.1) is 17.6 Å². The third-order valence-electron chi connectivity index (χ3n) is 5.22. The van der Waals surface area contributed by atoms with Gasteiger partial charge in [0.05, 0.1) is 5.56 Å². The van der Waals surface area contributed by atoms with Crippen LogP contribution in [0.25, 0.3) is 0 Å². The molecule has 1 heterocycles. The van der Waals surface area contributed by atoms with Crippen molar-refractivity contribution in [1.82, 2.24) is 4.90 Å². The topological polar surface area (TPSA) is 113 Å². The van der Waals surface area contributed by atoms with E-state index in [-0.39, 0.29) is 46.7 Å². The highest BCUT2D eigenvalue weighted by Crippen LogP contribution is 2.27. The molecule has 0 aliphatic carbocycles. The summed E-state index contributed by atoms with van der Waals surface area (Å²) < 4.78 is 26.6. The van der Waals surface area contributed by atoms with Gasteiger partial charge in [0, 0.05) is 42.9 Å². The normalized spacial score (nSPS) is 16.1. The van der Waals surface area contributed by atoms with Crippen LogP contribution in [0.2, 0.25) is 0 Å². The number of phenols is 1. The predicted octanol–water partition coefficient (Wildman–Crippen LogP) is 3.04. The molecule has 2 aromatic rings. The average Bonchev–Trinajstić information content (AvgIpc) is 2.71. The van der Waals surface area contributed by atoms with Gasteiger partial charge < -0.3 is 21.1 Å². The summed E-state index contributed by atoms with van der Waals surface area (Å²) in [6, 6.07) is 6.45. The van der Waals surface area contributed by atoms with Gasteiger partial charge in [0.15, 0.2) is 0 Å². The zero-order valence-electron chi connectivity index (χ0n) is 16.7. The number of rotatable bonds is 6. The second-order valence-electron chi connectivity index (χ2n) is 7.61. The SMILES string of the molecule is NC(=O)CCC1CCCN(C(=O)c2ccc(NC(=O)c3cc(F)cc(F)c3)cc2O)C1. The molecule has 0 radical (unpaired) electrons. The molecule has 0 bridgehead atoms. The van der Waals surface area contributed by atoms with Crippen LogP contribution in [0.1, 0.15) is 46.4 Å². The highest BCUT2D eigenvalue weighted by molar-refractivity contribution is 6.05. The third kappa shape index (κ3) is 5.78. The number of hydrogen-bond acceptors (Lipinski definition) is 4. The third-order valence-corrected chi connectivity index (χ3v) is 5.22. The molecule has 1 unspecified atom stereocenters. The molecule has 3 amide bonds. The van der Waals surface area contributed by atoms with Gasteiger partial charge in [0.25, 0.3) is 11.8 Å². The standard InChI is InChI=1S/C22H23F2N3O4/c23-15-8-14(9-16(24)10-15)21(30)26-17-4-5-18(19(28)11-17)22(31)27-7-1-2-13(12-27)3-6-20(25)29/h4-5,8-11,13,28H,1-3,6-7,12H2,(H2,25,29)(H,26,30). The number of primary amides is 1. The summed E-state index contributed by atoms with van der Waals surface area (Å²) >= 11 is 0. The van der Waals surface area contributed by atoms with Crippen molar-refractivity contribution in [1.29, 1.82) is 0 Å². The van der Waals surface area contributed by atoms with E-state index in [1.54, 1.807) is 4.90 Å². The Kier molecular flexibility index (Phi) is 6.84. The maximum atomic E-state index is 13.3. The van der Waals surface area contributed by atoms with Crippen molar-refractivity contribution < 1.29 is 28.3 Å². The van der Waals surface area contributed by atoms with E-state index in [1.165, 1.54) is 18.2 Å². The van der Waals surface area contributed by atoms with E-state index in [1.807, 2.05) is 0 Å². The lowest BCUT2D eigenvalue weighted by atomic mass is 9.93. The lowest BCUT2D eigenvalue weighted by molar-refractivity contribution is -0.118. The van der Waals surface area contributed by atoms with Gasteiger partial charge in [0.1, 0.15) is 17.4 Å². The van der Waals surface area contributed by atoms with Crippen molar-refractivity contribution in [2.45, 2.75) is 25.7 Å². The number of phenolic OH excluding ortho intramolecular Hbond substituents is 1. The summed E-state index contributed by atoms with van der Waals surface area (Å²) in [5, 5.41) is 12.8. The van der Waals surface area contributed by atoms with Crippen LogP contribution in [-0.4, -0.2) is 40.8 Å². The number of amides is 3. The van der Waals surface area contributed by atoms with Gasteiger partial charge in [0.2, 0.25) is 5.91 Å². The number of nitrogens with one attached hydrogen (secondary N) is 1. The highest BCUT2D eigenvalue weighted by Gasteiger charge is 2.26. The van der Waals surface area contributed by atoms with Crippen molar-refractivity contribution in [3.05, 3.63) is 59.2 Å². The Labute approximate surface area is 177 Å². The van der Waals surface area contributed by atoms with Crippen LogP contribution in [0.3, 0.4) is 0 Å². The monoisotopic (exact) mass is 431 g/mol. The van der Waals surface area contributed by atoms with Crippen LogP contribution >= 0.6 is 0 Å². The second kappa shape index (κ2) is 9.55. The number of aromatic hydroxyl groups is 1. The lowest BCUT2D eigenvalue weighted by Gasteiger charge is -2.33. The molecule has 2 aromatic carbocycles. The Balaban J connectivity index is 1.67. The zero-order chi connectivity index (χ0) is 22.5. The van der Waals surface area contributed by atoms with Gasteiger partial charge in [-0.3, -0.25) is 14.4 Å². The van der Waals surface area contributed by atoms with Crippen molar-refractivity contribution in [3.8, 4) is 5.75 Å². The minimum atomic E-state index is -0.885. The maximum absolute atomic E-state index is 13.3. The van der Waals surface area contributed by atoms with Crippen molar-refractivity contribution in [2.75, 3.05) is 18.4 Å². The Morgan fingerprint density at radius 3 is 2.48 bits per heavy atom. The Hall–Kier alpha value is -3.49. The minimum absolute atomic E-state index is 0.0744. The largest absolute Gasteiger partial charge is 0.507 e. The van der Waals surface area contributed by atoms with Gasteiger partial charge in [-0.15, -0.1) is 0 Å². The van der Waals surface area contributed by atoms with Gasteiger partial charge >= 0.3 is 0 Å². The number of nitrogens with zero attached hydrogens (tertiary/aromatic N) is 1. The van der Waals surface area contributed by atoms with E-state index in [4.69, 9.17) is 5.73 Å². The summed E-state index contributed by atoms with van der Waals surface area (Å²) in [6.45, 7) is 1.00. The quantitative estimate of drug-likeness (QED) is 0.652. The number of carbonyl (C=O) groups is 3. The predicted molar refractivity (Wildman–Crippen MR) is 109 cm³/mol. The lowest BCUT2D eigenvalue weighted by Crippen LogP contribution is -2.40. The van der Waals surface area contributed by atoms with Crippen LogP contribution in [0.4, 0.5) is 14.5 Å². The molecule has 164 valence electrons. The summed E-state index contributed by atoms with van der Waals surface area (Å²) in [7, 11) is 0. The van der Waals surface area contributed by atoms with Crippen LogP contribution in [0.15, 0.2) is 36.4 Å². The molecule has 1 atom stereocenters. The van der Waals surface area contributed by atoms with E-state index in [2.05, 4.69) is 5.32 Å². The maximum Gasteiger partial charge on any atom is 0.257 e. The second-order valence-corrected chi connectivity index (χ2v) is 7.61.